The molecule has 0 aliphatic carbocycles. The van der Waals surface area contributed by atoms with Crippen LogP contribution >= 0.6 is 11.6 Å². The van der Waals surface area contributed by atoms with E-state index in [-0.39, 0.29) is 11.7 Å². The molecule has 168 valence electrons. The maximum absolute atomic E-state index is 14.2. The third-order valence-electron chi connectivity index (χ3n) is 5.97. The van der Waals surface area contributed by atoms with Crippen LogP contribution in [-0.4, -0.2) is 37.9 Å². The summed E-state index contributed by atoms with van der Waals surface area (Å²) >= 11 is 6.61. The summed E-state index contributed by atoms with van der Waals surface area (Å²) in [7, 11) is 1.32. The molecule has 2 aromatic carbocycles. The van der Waals surface area contributed by atoms with Crippen LogP contribution < -0.4 is 10.6 Å². The standard InChI is InChI=1S/C24H30ClFN2O3/c1-16-12-17(14-19(26)13-16)22-20(7-3-8-21(22)25)24(30,18-6-4-10-27-15-18)9-5-11-28-23(29)31-2/h3,7-8,12-14,18,27,30H,4-6,9-11,15H2,1-2H3,(H,28,29)/t18-,24+/m1/s1. The van der Waals surface area contributed by atoms with Gasteiger partial charge in [0, 0.05) is 29.6 Å². The molecule has 0 aromatic heterocycles. The molecule has 1 aliphatic rings. The van der Waals surface area contributed by atoms with Gasteiger partial charge in [0.2, 0.25) is 0 Å². The zero-order valence-corrected chi connectivity index (χ0v) is 18.8. The molecule has 1 heterocycles. The molecular formula is C24H30ClFN2O3. The van der Waals surface area contributed by atoms with Crippen molar-refractivity contribution >= 4 is 17.7 Å². The Hall–Kier alpha value is -2.15. The summed E-state index contributed by atoms with van der Waals surface area (Å²) in [6.45, 7) is 3.81. The molecule has 1 fully saturated rings. The third-order valence-corrected chi connectivity index (χ3v) is 6.29. The molecule has 1 aliphatic heterocycles. The van der Waals surface area contributed by atoms with Crippen LogP contribution in [0.25, 0.3) is 11.1 Å². The van der Waals surface area contributed by atoms with Gasteiger partial charge in [-0.2, -0.15) is 0 Å². The predicted octanol–water partition coefficient (Wildman–Crippen LogP) is 4.78. The summed E-state index contributed by atoms with van der Waals surface area (Å²) in [5.74, 6) is -0.378. The summed E-state index contributed by atoms with van der Waals surface area (Å²) in [5, 5.41) is 18.6. The SMILES string of the molecule is COC(=O)NCCC[C@@](O)(c1cccc(Cl)c1-c1cc(C)cc(F)c1)[C@@H]1CCCNC1. The second-order valence-corrected chi connectivity index (χ2v) is 8.58. The van der Waals surface area contributed by atoms with Gasteiger partial charge in [0.15, 0.2) is 0 Å². The zero-order chi connectivity index (χ0) is 22.4. The largest absolute Gasteiger partial charge is 0.453 e. The van der Waals surface area contributed by atoms with Crippen LogP contribution in [0.15, 0.2) is 36.4 Å². The Labute approximate surface area is 187 Å². The number of hydrogen-bond acceptors (Lipinski definition) is 4. The topological polar surface area (TPSA) is 70.6 Å². The number of benzene rings is 2. The number of amides is 1. The Balaban J connectivity index is 2.02. The number of ether oxygens (including phenoxy) is 1. The van der Waals surface area contributed by atoms with Crippen LogP contribution in [-0.2, 0) is 10.3 Å². The van der Waals surface area contributed by atoms with Crippen molar-refractivity contribution in [3.63, 3.8) is 0 Å². The van der Waals surface area contributed by atoms with E-state index in [1.165, 1.54) is 19.2 Å². The molecule has 2 aromatic rings. The molecule has 0 radical (unpaired) electrons. The zero-order valence-electron chi connectivity index (χ0n) is 18.0. The van der Waals surface area contributed by atoms with Crippen molar-refractivity contribution in [2.75, 3.05) is 26.7 Å². The molecule has 0 unspecified atom stereocenters. The molecule has 3 N–H and O–H groups in total. The number of aryl methyl sites for hydroxylation is 1. The quantitative estimate of drug-likeness (QED) is 0.533. The van der Waals surface area contributed by atoms with E-state index >= 15 is 0 Å². The highest BCUT2D eigenvalue weighted by molar-refractivity contribution is 6.33. The average molecular weight is 449 g/mol. The molecule has 2 atom stereocenters. The van der Waals surface area contributed by atoms with Crippen molar-refractivity contribution in [3.05, 3.63) is 58.4 Å². The highest BCUT2D eigenvalue weighted by atomic mass is 35.5. The lowest BCUT2D eigenvalue weighted by atomic mass is 9.72. The fourth-order valence-corrected chi connectivity index (χ4v) is 4.78. The number of alkyl carbamates (subject to hydrolysis) is 1. The molecule has 0 saturated carbocycles. The van der Waals surface area contributed by atoms with Gasteiger partial charge in [-0.15, -0.1) is 0 Å². The second-order valence-electron chi connectivity index (χ2n) is 8.17. The number of carbonyl (C=O) groups is 1. The summed E-state index contributed by atoms with van der Waals surface area (Å²) in [4.78, 5) is 11.4. The molecule has 1 amide bonds. The lowest BCUT2D eigenvalue weighted by molar-refractivity contribution is -0.0415. The minimum absolute atomic E-state index is 0.0359. The summed E-state index contributed by atoms with van der Waals surface area (Å²) in [6.07, 6.45) is 2.30. The number of piperidine rings is 1. The average Bonchev–Trinajstić information content (AvgIpc) is 2.76. The monoisotopic (exact) mass is 448 g/mol. The molecule has 7 heteroatoms. The van der Waals surface area contributed by atoms with E-state index in [2.05, 4.69) is 15.4 Å². The Kier molecular flexibility index (Phi) is 7.92. The number of hydrogen-bond donors (Lipinski definition) is 3. The molecule has 1 saturated heterocycles. The van der Waals surface area contributed by atoms with Gasteiger partial charge >= 0.3 is 6.09 Å². The molecule has 0 bridgehead atoms. The van der Waals surface area contributed by atoms with Gasteiger partial charge in [0.05, 0.1) is 12.7 Å². The fraction of sp³-hybridized carbons (Fsp3) is 0.458. The van der Waals surface area contributed by atoms with E-state index < -0.39 is 11.7 Å². The van der Waals surface area contributed by atoms with Crippen LogP contribution in [0, 0.1) is 18.7 Å². The minimum Gasteiger partial charge on any atom is -0.453 e. The number of carbonyl (C=O) groups excluding carboxylic acids is 1. The molecule has 3 rings (SSSR count). The van der Waals surface area contributed by atoms with E-state index in [9.17, 15) is 14.3 Å². The summed E-state index contributed by atoms with van der Waals surface area (Å²) < 4.78 is 18.8. The second kappa shape index (κ2) is 10.4. The van der Waals surface area contributed by atoms with Gasteiger partial charge in [-0.3, -0.25) is 0 Å². The van der Waals surface area contributed by atoms with Crippen molar-refractivity contribution in [3.8, 4) is 11.1 Å². The predicted molar refractivity (Wildman–Crippen MR) is 121 cm³/mol. The number of aliphatic hydroxyl groups is 1. The molecular weight excluding hydrogens is 419 g/mol. The van der Waals surface area contributed by atoms with Crippen LogP contribution in [0.1, 0.15) is 36.8 Å². The molecule has 31 heavy (non-hydrogen) atoms. The number of methoxy groups -OCH3 is 1. The Morgan fingerprint density at radius 1 is 1.39 bits per heavy atom. The maximum atomic E-state index is 14.2. The first kappa shape index (κ1) is 23.5. The van der Waals surface area contributed by atoms with Gasteiger partial charge in [0.1, 0.15) is 5.82 Å². The first-order chi connectivity index (χ1) is 14.8. The lowest BCUT2D eigenvalue weighted by Gasteiger charge is -2.40. The Morgan fingerprint density at radius 2 is 2.19 bits per heavy atom. The smallest absolute Gasteiger partial charge is 0.406 e. The molecule has 0 spiro atoms. The van der Waals surface area contributed by atoms with E-state index in [0.29, 0.717) is 47.6 Å². The van der Waals surface area contributed by atoms with Crippen molar-refractivity contribution in [2.45, 2.75) is 38.2 Å². The highest BCUT2D eigenvalue weighted by Gasteiger charge is 2.40. The van der Waals surface area contributed by atoms with Crippen molar-refractivity contribution in [2.24, 2.45) is 5.92 Å². The van der Waals surface area contributed by atoms with Gasteiger partial charge in [-0.25, -0.2) is 9.18 Å². The minimum atomic E-state index is -1.19. The van der Waals surface area contributed by atoms with E-state index in [0.717, 1.165) is 24.9 Å². The van der Waals surface area contributed by atoms with Gasteiger partial charge in [-0.1, -0.05) is 29.8 Å². The normalized spacial score (nSPS) is 18.3. The van der Waals surface area contributed by atoms with Crippen LogP contribution in [0.5, 0.6) is 0 Å². The van der Waals surface area contributed by atoms with Crippen molar-refractivity contribution < 1.29 is 19.0 Å². The van der Waals surface area contributed by atoms with E-state index in [4.69, 9.17) is 11.6 Å². The fourth-order valence-electron chi connectivity index (χ4n) is 4.50. The van der Waals surface area contributed by atoms with Crippen LogP contribution in [0.3, 0.4) is 0 Å². The van der Waals surface area contributed by atoms with Crippen molar-refractivity contribution in [1.82, 2.24) is 10.6 Å². The Morgan fingerprint density at radius 3 is 2.87 bits per heavy atom. The first-order valence-corrected chi connectivity index (χ1v) is 11.0. The van der Waals surface area contributed by atoms with Crippen molar-refractivity contribution in [1.29, 1.82) is 0 Å². The van der Waals surface area contributed by atoms with Gasteiger partial charge < -0.3 is 20.5 Å². The van der Waals surface area contributed by atoms with E-state index in [1.54, 1.807) is 6.07 Å². The number of rotatable bonds is 7. The third kappa shape index (κ3) is 5.56. The number of halogens is 2. The Bertz CT molecular complexity index is 897. The van der Waals surface area contributed by atoms with Crippen LogP contribution in [0.2, 0.25) is 5.02 Å². The van der Waals surface area contributed by atoms with Crippen LogP contribution in [0.4, 0.5) is 9.18 Å². The first-order valence-electron chi connectivity index (χ1n) is 10.7. The lowest BCUT2D eigenvalue weighted by Crippen LogP contribution is -2.45. The van der Waals surface area contributed by atoms with E-state index in [1.807, 2.05) is 25.1 Å². The van der Waals surface area contributed by atoms with Gasteiger partial charge in [-0.05, 0) is 74.0 Å². The summed E-state index contributed by atoms with van der Waals surface area (Å²) in [6, 6.07) is 10.3. The molecule has 5 nitrogen and oxygen atoms in total. The maximum Gasteiger partial charge on any atom is 0.406 e. The number of nitrogens with one attached hydrogen (secondary N) is 2. The van der Waals surface area contributed by atoms with Gasteiger partial charge in [0.25, 0.3) is 0 Å². The summed E-state index contributed by atoms with van der Waals surface area (Å²) in [5.41, 5.74) is 1.59. The highest BCUT2D eigenvalue weighted by Crippen LogP contribution is 2.45.